The monoisotopic (exact) mass is 334 g/mol. The van der Waals surface area contributed by atoms with E-state index in [4.69, 9.17) is 0 Å². The summed E-state index contributed by atoms with van der Waals surface area (Å²) in [7, 11) is 0. The molecule has 0 spiro atoms. The van der Waals surface area contributed by atoms with E-state index in [1.807, 2.05) is 0 Å². The quantitative estimate of drug-likeness (QED) is 0.480. The average molecular weight is 335 g/mol. The Labute approximate surface area is 153 Å². The largest absolute Gasteiger partial charge is 0.0651 e. The summed E-state index contributed by atoms with van der Waals surface area (Å²) in [6.07, 6.45) is 10.4. The summed E-state index contributed by atoms with van der Waals surface area (Å²) in [5, 5.41) is 0. The summed E-state index contributed by atoms with van der Waals surface area (Å²) < 4.78 is 0. The standard InChI is InChI=1S/C24H46/c1-9-20-11-10-12-21-13-19(7)24(8,14-18(6)23(20)21)15-22(16(2)3)17(4)5/h16-23H,9-15H2,1-8H3. The molecule has 142 valence electrons. The van der Waals surface area contributed by atoms with Gasteiger partial charge in [-0.05, 0) is 72.0 Å². The van der Waals surface area contributed by atoms with Crippen LogP contribution in [-0.2, 0) is 0 Å². The van der Waals surface area contributed by atoms with Crippen molar-refractivity contribution in [2.24, 2.45) is 52.8 Å². The number of rotatable bonds is 5. The first-order chi connectivity index (χ1) is 11.2. The second-order valence-electron chi connectivity index (χ2n) is 10.8. The lowest BCUT2D eigenvalue weighted by Gasteiger charge is -2.42. The Morgan fingerprint density at radius 3 is 2.17 bits per heavy atom. The van der Waals surface area contributed by atoms with Gasteiger partial charge in [-0.1, -0.05) is 81.1 Å². The van der Waals surface area contributed by atoms with Crippen LogP contribution >= 0.6 is 0 Å². The van der Waals surface area contributed by atoms with Crippen molar-refractivity contribution in [3.8, 4) is 0 Å². The van der Waals surface area contributed by atoms with Gasteiger partial charge in [0, 0.05) is 0 Å². The van der Waals surface area contributed by atoms with Crippen molar-refractivity contribution in [1.29, 1.82) is 0 Å². The molecule has 24 heavy (non-hydrogen) atoms. The molecule has 0 aliphatic heterocycles. The molecule has 2 aliphatic carbocycles. The van der Waals surface area contributed by atoms with Gasteiger partial charge in [0.2, 0.25) is 0 Å². The molecular formula is C24H46. The average Bonchev–Trinajstić information content (AvgIpc) is 2.60. The van der Waals surface area contributed by atoms with E-state index in [2.05, 4.69) is 55.4 Å². The lowest BCUT2D eigenvalue weighted by molar-refractivity contribution is 0.0785. The lowest BCUT2D eigenvalue weighted by atomic mass is 9.63. The summed E-state index contributed by atoms with van der Waals surface area (Å²) in [5.74, 6) is 7.39. The highest BCUT2D eigenvalue weighted by molar-refractivity contribution is 4.96. The summed E-state index contributed by atoms with van der Waals surface area (Å²) in [6.45, 7) is 20.1. The molecule has 0 nitrogen and oxygen atoms in total. The molecule has 2 rings (SSSR count). The van der Waals surface area contributed by atoms with Gasteiger partial charge in [-0.15, -0.1) is 0 Å². The van der Waals surface area contributed by atoms with E-state index >= 15 is 0 Å². The molecule has 0 heteroatoms. The molecule has 0 saturated heterocycles. The zero-order chi connectivity index (χ0) is 18.1. The smallest absolute Gasteiger partial charge is 0.0295 e. The molecule has 6 unspecified atom stereocenters. The second-order valence-corrected chi connectivity index (χ2v) is 10.8. The number of fused-ring (bicyclic) bond motifs is 1. The molecule has 2 aliphatic rings. The maximum Gasteiger partial charge on any atom is -0.0295 e. The first kappa shape index (κ1) is 20.3. The van der Waals surface area contributed by atoms with E-state index in [0.29, 0.717) is 5.41 Å². The van der Waals surface area contributed by atoms with Crippen molar-refractivity contribution in [3.63, 3.8) is 0 Å². The highest BCUT2D eigenvalue weighted by Gasteiger charge is 2.46. The van der Waals surface area contributed by atoms with Gasteiger partial charge in [0.25, 0.3) is 0 Å². The zero-order valence-electron chi connectivity index (χ0n) is 18.1. The topological polar surface area (TPSA) is 0 Å². The zero-order valence-corrected chi connectivity index (χ0v) is 18.1. The highest BCUT2D eigenvalue weighted by Crippen LogP contribution is 2.55. The molecule has 0 heterocycles. The number of hydrogen-bond acceptors (Lipinski definition) is 0. The molecule has 0 amide bonds. The molecule has 2 fully saturated rings. The van der Waals surface area contributed by atoms with Crippen molar-refractivity contribution >= 4 is 0 Å². The fraction of sp³-hybridized carbons (Fsp3) is 1.00. The van der Waals surface area contributed by atoms with Crippen molar-refractivity contribution in [2.75, 3.05) is 0 Å². The number of hydrogen-bond donors (Lipinski definition) is 0. The van der Waals surface area contributed by atoms with Crippen molar-refractivity contribution < 1.29 is 0 Å². The third-order valence-electron chi connectivity index (χ3n) is 8.47. The van der Waals surface area contributed by atoms with Gasteiger partial charge in [0.05, 0.1) is 0 Å². The first-order valence-corrected chi connectivity index (χ1v) is 11.2. The van der Waals surface area contributed by atoms with Gasteiger partial charge in [-0.2, -0.15) is 0 Å². The predicted octanol–water partition coefficient (Wildman–Crippen LogP) is 7.82. The fourth-order valence-corrected chi connectivity index (χ4v) is 6.97. The van der Waals surface area contributed by atoms with Gasteiger partial charge < -0.3 is 0 Å². The van der Waals surface area contributed by atoms with Gasteiger partial charge in [-0.25, -0.2) is 0 Å². The predicted molar refractivity (Wildman–Crippen MR) is 108 cm³/mol. The maximum absolute atomic E-state index is 2.66. The summed E-state index contributed by atoms with van der Waals surface area (Å²) in [6, 6.07) is 0. The Hall–Kier alpha value is 0. The molecule has 0 bridgehead atoms. The minimum atomic E-state index is 0.550. The Bertz CT molecular complexity index is 373. The van der Waals surface area contributed by atoms with Crippen molar-refractivity contribution in [2.45, 2.75) is 100 Å². The van der Waals surface area contributed by atoms with Gasteiger partial charge >= 0.3 is 0 Å². The van der Waals surface area contributed by atoms with Crippen LogP contribution in [0.25, 0.3) is 0 Å². The van der Waals surface area contributed by atoms with E-state index in [-0.39, 0.29) is 0 Å². The fourth-order valence-electron chi connectivity index (χ4n) is 6.97. The van der Waals surface area contributed by atoms with Crippen LogP contribution < -0.4 is 0 Å². The van der Waals surface area contributed by atoms with E-state index < -0.39 is 0 Å². The van der Waals surface area contributed by atoms with Crippen LogP contribution in [0.4, 0.5) is 0 Å². The molecule has 0 radical (unpaired) electrons. The van der Waals surface area contributed by atoms with Crippen molar-refractivity contribution in [1.82, 2.24) is 0 Å². The minimum absolute atomic E-state index is 0.550. The molecule has 6 atom stereocenters. The second kappa shape index (κ2) is 8.13. The van der Waals surface area contributed by atoms with Crippen LogP contribution in [0, 0.1) is 52.8 Å². The third kappa shape index (κ3) is 4.21. The van der Waals surface area contributed by atoms with Crippen molar-refractivity contribution in [3.05, 3.63) is 0 Å². The normalized spacial score (nSPS) is 40.9. The van der Waals surface area contributed by atoms with Crippen LogP contribution in [0.5, 0.6) is 0 Å². The third-order valence-corrected chi connectivity index (χ3v) is 8.47. The van der Waals surface area contributed by atoms with Crippen LogP contribution in [0.3, 0.4) is 0 Å². The van der Waals surface area contributed by atoms with E-state index in [0.717, 1.165) is 47.3 Å². The SMILES string of the molecule is CCC1CCCC2CC(C)C(C)(CC(C(C)C)C(C)C)CC(C)C12. The highest BCUT2D eigenvalue weighted by atomic mass is 14.5. The molecule has 0 aromatic rings. The molecule has 2 saturated carbocycles. The van der Waals surface area contributed by atoms with Crippen LogP contribution in [0.1, 0.15) is 100 Å². The Morgan fingerprint density at radius 1 is 1.00 bits per heavy atom. The van der Waals surface area contributed by atoms with Crippen LogP contribution in [0.15, 0.2) is 0 Å². The first-order valence-electron chi connectivity index (χ1n) is 11.2. The maximum atomic E-state index is 2.66. The van der Waals surface area contributed by atoms with Crippen LogP contribution in [0.2, 0.25) is 0 Å². The van der Waals surface area contributed by atoms with E-state index in [1.165, 1.54) is 44.9 Å². The Morgan fingerprint density at radius 2 is 1.62 bits per heavy atom. The lowest BCUT2D eigenvalue weighted by Crippen LogP contribution is -2.33. The Balaban J connectivity index is 2.22. The Kier molecular flexibility index (Phi) is 6.88. The van der Waals surface area contributed by atoms with Gasteiger partial charge in [0.1, 0.15) is 0 Å². The molecular weight excluding hydrogens is 288 g/mol. The summed E-state index contributed by atoms with van der Waals surface area (Å²) >= 11 is 0. The minimum Gasteiger partial charge on any atom is -0.0651 e. The molecule has 0 aromatic heterocycles. The summed E-state index contributed by atoms with van der Waals surface area (Å²) in [5.41, 5.74) is 0.550. The van der Waals surface area contributed by atoms with E-state index in [1.54, 1.807) is 0 Å². The van der Waals surface area contributed by atoms with Crippen LogP contribution in [-0.4, -0.2) is 0 Å². The molecule has 0 N–H and O–H groups in total. The van der Waals surface area contributed by atoms with Gasteiger partial charge in [-0.3, -0.25) is 0 Å². The summed E-state index contributed by atoms with van der Waals surface area (Å²) in [4.78, 5) is 0. The molecule has 0 aromatic carbocycles. The van der Waals surface area contributed by atoms with E-state index in [9.17, 15) is 0 Å². The van der Waals surface area contributed by atoms with Gasteiger partial charge in [0.15, 0.2) is 0 Å².